The lowest BCUT2D eigenvalue weighted by Gasteiger charge is -2.25. The van der Waals surface area contributed by atoms with Gasteiger partial charge in [0, 0.05) is 26.3 Å². The molecule has 0 unspecified atom stereocenters. The predicted octanol–water partition coefficient (Wildman–Crippen LogP) is 0.329. The number of thioether (sulfide) groups is 1. The molecule has 1 amide bonds. The first-order chi connectivity index (χ1) is 10.4. The van der Waals surface area contributed by atoms with Gasteiger partial charge in [-0.05, 0) is 19.1 Å². The SMILES string of the molecule is CNC(=O)[C@H](C)Sc1ccc(S(=O)(=O)N2CCOCC2)cn1. The van der Waals surface area contributed by atoms with Crippen LogP contribution in [-0.2, 0) is 19.6 Å². The minimum atomic E-state index is -3.53. The number of carbonyl (C=O) groups is 1. The number of sulfonamides is 1. The molecule has 0 spiro atoms. The van der Waals surface area contributed by atoms with E-state index in [9.17, 15) is 13.2 Å². The Balaban J connectivity index is 2.09. The second-order valence-electron chi connectivity index (χ2n) is 4.72. The Bertz CT molecular complexity index is 613. The van der Waals surface area contributed by atoms with Gasteiger partial charge in [0.25, 0.3) is 0 Å². The van der Waals surface area contributed by atoms with Crippen molar-refractivity contribution in [2.75, 3.05) is 33.4 Å². The lowest BCUT2D eigenvalue weighted by Crippen LogP contribution is -2.40. The number of morpholine rings is 1. The lowest BCUT2D eigenvalue weighted by atomic mass is 10.4. The molecular weight excluding hydrogens is 326 g/mol. The Kier molecular flexibility index (Phi) is 5.79. The number of nitrogens with one attached hydrogen (secondary N) is 1. The van der Waals surface area contributed by atoms with Gasteiger partial charge in [-0.15, -0.1) is 0 Å². The predicted molar refractivity (Wildman–Crippen MR) is 83.2 cm³/mol. The van der Waals surface area contributed by atoms with Crippen LogP contribution in [0.1, 0.15) is 6.92 Å². The molecule has 1 aliphatic rings. The summed E-state index contributed by atoms with van der Waals surface area (Å²) in [7, 11) is -1.95. The minimum absolute atomic E-state index is 0.100. The number of amides is 1. The van der Waals surface area contributed by atoms with Gasteiger partial charge >= 0.3 is 0 Å². The molecule has 0 radical (unpaired) electrons. The molecule has 0 aromatic carbocycles. The van der Waals surface area contributed by atoms with Crippen LogP contribution in [0.2, 0.25) is 0 Å². The summed E-state index contributed by atoms with van der Waals surface area (Å²) in [6.07, 6.45) is 1.34. The maximum absolute atomic E-state index is 12.4. The number of pyridine rings is 1. The molecule has 0 bridgehead atoms. The molecule has 7 nitrogen and oxygen atoms in total. The van der Waals surface area contributed by atoms with Crippen LogP contribution in [0.4, 0.5) is 0 Å². The van der Waals surface area contributed by atoms with Crippen LogP contribution < -0.4 is 5.32 Å². The summed E-state index contributed by atoms with van der Waals surface area (Å²) in [6.45, 7) is 3.29. The van der Waals surface area contributed by atoms with E-state index in [4.69, 9.17) is 4.74 Å². The van der Waals surface area contributed by atoms with Gasteiger partial charge in [-0.2, -0.15) is 4.31 Å². The standard InChI is InChI=1S/C13H19N3O4S2/c1-10(13(17)14-2)21-12-4-3-11(9-15-12)22(18,19)16-5-7-20-8-6-16/h3-4,9-10H,5-8H2,1-2H3,(H,14,17)/t10-/m0/s1. The summed E-state index contributed by atoms with van der Waals surface area (Å²) in [5.41, 5.74) is 0. The zero-order chi connectivity index (χ0) is 16.2. The lowest BCUT2D eigenvalue weighted by molar-refractivity contribution is -0.119. The van der Waals surface area contributed by atoms with Crippen LogP contribution in [-0.4, -0.2) is 62.2 Å². The Morgan fingerprint density at radius 3 is 2.64 bits per heavy atom. The van der Waals surface area contributed by atoms with Gasteiger partial charge in [-0.3, -0.25) is 4.79 Å². The van der Waals surface area contributed by atoms with Crippen molar-refractivity contribution >= 4 is 27.7 Å². The van der Waals surface area contributed by atoms with Gasteiger partial charge in [-0.1, -0.05) is 11.8 Å². The van der Waals surface area contributed by atoms with Crippen LogP contribution in [0.3, 0.4) is 0 Å². The first kappa shape index (κ1) is 17.2. The fraction of sp³-hybridized carbons (Fsp3) is 0.538. The highest BCUT2D eigenvalue weighted by atomic mass is 32.2. The van der Waals surface area contributed by atoms with E-state index in [2.05, 4.69) is 10.3 Å². The van der Waals surface area contributed by atoms with E-state index in [1.54, 1.807) is 20.0 Å². The van der Waals surface area contributed by atoms with Crippen molar-refractivity contribution in [1.82, 2.24) is 14.6 Å². The number of rotatable bonds is 5. The molecule has 22 heavy (non-hydrogen) atoms. The molecule has 1 atom stereocenters. The summed E-state index contributed by atoms with van der Waals surface area (Å²) in [6, 6.07) is 3.15. The highest BCUT2D eigenvalue weighted by Gasteiger charge is 2.26. The van der Waals surface area contributed by atoms with Crippen LogP contribution >= 0.6 is 11.8 Å². The third kappa shape index (κ3) is 3.97. The van der Waals surface area contributed by atoms with Gasteiger partial charge in [0.2, 0.25) is 15.9 Å². The minimum Gasteiger partial charge on any atom is -0.379 e. The number of aromatic nitrogens is 1. The fourth-order valence-electron chi connectivity index (χ4n) is 1.96. The van der Waals surface area contributed by atoms with E-state index in [1.807, 2.05) is 0 Å². The third-order valence-corrected chi connectivity index (χ3v) is 6.16. The molecule has 1 aliphatic heterocycles. The van der Waals surface area contributed by atoms with E-state index in [0.717, 1.165) is 0 Å². The molecule has 122 valence electrons. The van der Waals surface area contributed by atoms with Crippen LogP contribution in [0.25, 0.3) is 0 Å². The molecule has 0 aliphatic carbocycles. The quantitative estimate of drug-likeness (QED) is 0.774. The molecule has 1 aromatic heterocycles. The maximum atomic E-state index is 12.4. The number of nitrogens with zero attached hydrogens (tertiary/aromatic N) is 2. The zero-order valence-electron chi connectivity index (χ0n) is 12.5. The number of carbonyl (C=O) groups excluding carboxylic acids is 1. The second-order valence-corrected chi connectivity index (χ2v) is 8.02. The number of hydrogen-bond donors (Lipinski definition) is 1. The second kappa shape index (κ2) is 7.40. The van der Waals surface area contributed by atoms with Gasteiger partial charge in [0.05, 0.1) is 23.5 Å². The largest absolute Gasteiger partial charge is 0.379 e. The first-order valence-corrected chi connectivity index (χ1v) is 9.19. The summed E-state index contributed by atoms with van der Waals surface area (Å²) in [5.74, 6) is -0.100. The fourth-order valence-corrected chi connectivity index (χ4v) is 4.16. The van der Waals surface area contributed by atoms with E-state index >= 15 is 0 Å². The van der Waals surface area contributed by atoms with Gasteiger partial charge in [0.15, 0.2) is 0 Å². The Labute approximate surface area is 134 Å². The van der Waals surface area contributed by atoms with E-state index in [-0.39, 0.29) is 16.1 Å². The van der Waals surface area contributed by atoms with Crippen molar-refractivity contribution in [1.29, 1.82) is 0 Å². The Morgan fingerprint density at radius 2 is 2.09 bits per heavy atom. The van der Waals surface area contributed by atoms with Crippen molar-refractivity contribution in [3.63, 3.8) is 0 Å². The summed E-state index contributed by atoms with van der Waals surface area (Å²) in [5, 5.41) is 2.88. The molecule has 1 saturated heterocycles. The van der Waals surface area contributed by atoms with Crippen molar-refractivity contribution in [2.24, 2.45) is 0 Å². The van der Waals surface area contributed by atoms with Crippen LogP contribution in [0.15, 0.2) is 28.3 Å². The Hall–Kier alpha value is -1.16. The van der Waals surface area contributed by atoms with E-state index in [0.29, 0.717) is 31.3 Å². The maximum Gasteiger partial charge on any atom is 0.244 e. The smallest absolute Gasteiger partial charge is 0.244 e. The molecule has 2 rings (SSSR count). The third-order valence-electron chi connectivity index (χ3n) is 3.23. The molecular formula is C13H19N3O4S2. The van der Waals surface area contributed by atoms with Crippen LogP contribution in [0.5, 0.6) is 0 Å². The molecule has 1 fully saturated rings. The first-order valence-electron chi connectivity index (χ1n) is 6.87. The highest BCUT2D eigenvalue weighted by Crippen LogP contribution is 2.23. The summed E-state index contributed by atoms with van der Waals surface area (Å²) in [4.78, 5) is 15.8. The number of ether oxygens (including phenoxy) is 1. The molecule has 1 N–H and O–H groups in total. The molecule has 9 heteroatoms. The molecule has 0 saturated carbocycles. The average Bonchev–Trinajstić information content (AvgIpc) is 2.55. The van der Waals surface area contributed by atoms with Gasteiger partial charge in [-0.25, -0.2) is 13.4 Å². The average molecular weight is 345 g/mol. The normalized spacial score (nSPS) is 17.9. The zero-order valence-corrected chi connectivity index (χ0v) is 14.1. The van der Waals surface area contributed by atoms with E-state index < -0.39 is 10.0 Å². The van der Waals surface area contributed by atoms with Gasteiger partial charge in [0.1, 0.15) is 4.90 Å². The topological polar surface area (TPSA) is 88.6 Å². The molecule has 1 aromatic rings. The van der Waals surface area contributed by atoms with Gasteiger partial charge < -0.3 is 10.1 Å². The van der Waals surface area contributed by atoms with Crippen molar-refractivity contribution in [3.05, 3.63) is 18.3 Å². The van der Waals surface area contributed by atoms with Crippen LogP contribution in [0, 0.1) is 0 Å². The van der Waals surface area contributed by atoms with Crippen molar-refractivity contribution < 1.29 is 17.9 Å². The monoisotopic (exact) mass is 345 g/mol. The number of hydrogen-bond acceptors (Lipinski definition) is 6. The van der Waals surface area contributed by atoms with E-state index in [1.165, 1.54) is 28.3 Å². The highest BCUT2D eigenvalue weighted by molar-refractivity contribution is 8.00. The summed E-state index contributed by atoms with van der Waals surface area (Å²) >= 11 is 1.28. The van der Waals surface area contributed by atoms with Crippen molar-refractivity contribution in [2.45, 2.75) is 22.1 Å². The van der Waals surface area contributed by atoms with Crippen molar-refractivity contribution in [3.8, 4) is 0 Å². The summed E-state index contributed by atoms with van der Waals surface area (Å²) < 4.78 is 31.4. The molecule has 2 heterocycles. The Morgan fingerprint density at radius 1 is 1.41 bits per heavy atom.